The summed E-state index contributed by atoms with van der Waals surface area (Å²) in [5.74, 6) is 1.29. The Balaban J connectivity index is 1.10. The van der Waals surface area contributed by atoms with Crippen LogP contribution in [0.2, 0.25) is 0 Å². The first-order valence-electron chi connectivity index (χ1n) is 10.4. The standard InChI is InChI=1S/C24H20FN5O3/c25-19-7-3-16(4-8-19)12-27-24(31)30-14-21(15-30)32-20-9-5-17(6-10-20)22-28-23(33-29-22)18-2-1-11-26-13-18/h1-11,13,21H,12,14-15H2,(H,27,31). The summed E-state index contributed by atoms with van der Waals surface area (Å²) in [7, 11) is 0. The smallest absolute Gasteiger partial charge is 0.317 e. The Labute approximate surface area is 189 Å². The minimum absolute atomic E-state index is 0.0743. The predicted molar refractivity (Wildman–Crippen MR) is 118 cm³/mol. The molecule has 1 N–H and O–H groups in total. The summed E-state index contributed by atoms with van der Waals surface area (Å²) in [4.78, 5) is 22.4. The number of carbonyl (C=O) groups excluding carboxylic acids is 1. The molecule has 3 heterocycles. The van der Waals surface area contributed by atoms with E-state index in [-0.39, 0.29) is 18.0 Å². The molecule has 2 aromatic heterocycles. The normalized spacial score (nSPS) is 13.4. The van der Waals surface area contributed by atoms with Crippen molar-refractivity contribution in [1.82, 2.24) is 25.3 Å². The number of carbonyl (C=O) groups is 1. The van der Waals surface area contributed by atoms with Crippen molar-refractivity contribution in [1.29, 1.82) is 0 Å². The Hall–Kier alpha value is -4.27. The van der Waals surface area contributed by atoms with Crippen LogP contribution in [-0.4, -0.2) is 45.2 Å². The largest absolute Gasteiger partial charge is 0.487 e. The molecule has 0 spiro atoms. The van der Waals surface area contributed by atoms with Crippen molar-refractivity contribution in [2.75, 3.05) is 13.1 Å². The van der Waals surface area contributed by atoms with Gasteiger partial charge in [-0.25, -0.2) is 9.18 Å². The number of likely N-dealkylation sites (tertiary alicyclic amines) is 1. The van der Waals surface area contributed by atoms with E-state index in [1.54, 1.807) is 29.4 Å². The minimum Gasteiger partial charge on any atom is -0.487 e. The van der Waals surface area contributed by atoms with Crippen LogP contribution in [0.1, 0.15) is 5.56 Å². The van der Waals surface area contributed by atoms with E-state index in [1.807, 2.05) is 36.4 Å². The number of halogens is 1. The highest BCUT2D eigenvalue weighted by molar-refractivity contribution is 5.75. The summed E-state index contributed by atoms with van der Waals surface area (Å²) in [6.07, 6.45) is 3.27. The second-order valence-electron chi connectivity index (χ2n) is 7.62. The molecule has 8 nitrogen and oxygen atoms in total. The molecule has 166 valence electrons. The van der Waals surface area contributed by atoms with Gasteiger partial charge in [0.05, 0.1) is 18.7 Å². The van der Waals surface area contributed by atoms with Crippen molar-refractivity contribution >= 4 is 6.03 Å². The first-order valence-corrected chi connectivity index (χ1v) is 10.4. The molecule has 0 unspecified atom stereocenters. The van der Waals surface area contributed by atoms with Gasteiger partial charge in [0.2, 0.25) is 5.82 Å². The molecule has 0 saturated carbocycles. The fraction of sp³-hybridized carbons (Fsp3) is 0.167. The molecule has 0 bridgehead atoms. The molecule has 1 fully saturated rings. The monoisotopic (exact) mass is 445 g/mol. The maximum Gasteiger partial charge on any atom is 0.317 e. The van der Waals surface area contributed by atoms with Crippen LogP contribution in [0, 0.1) is 5.82 Å². The lowest BCUT2D eigenvalue weighted by Gasteiger charge is -2.38. The van der Waals surface area contributed by atoms with Crippen LogP contribution in [0.3, 0.4) is 0 Å². The quantitative estimate of drug-likeness (QED) is 0.484. The van der Waals surface area contributed by atoms with Crippen LogP contribution in [0.4, 0.5) is 9.18 Å². The van der Waals surface area contributed by atoms with Crippen LogP contribution in [0.15, 0.2) is 77.6 Å². The summed E-state index contributed by atoms with van der Waals surface area (Å²) >= 11 is 0. The van der Waals surface area contributed by atoms with Gasteiger partial charge in [-0.2, -0.15) is 4.98 Å². The minimum atomic E-state index is -0.298. The number of nitrogens with one attached hydrogen (secondary N) is 1. The van der Waals surface area contributed by atoms with Crippen LogP contribution < -0.4 is 10.1 Å². The molecule has 5 rings (SSSR count). The van der Waals surface area contributed by atoms with Gasteiger partial charge in [-0.05, 0) is 54.1 Å². The van der Waals surface area contributed by atoms with Crippen molar-refractivity contribution in [3.05, 3.63) is 84.4 Å². The fourth-order valence-electron chi connectivity index (χ4n) is 3.39. The number of hydrogen-bond acceptors (Lipinski definition) is 6. The Morgan fingerprint density at radius 2 is 1.88 bits per heavy atom. The van der Waals surface area contributed by atoms with Gasteiger partial charge in [0.15, 0.2) is 0 Å². The number of ether oxygens (including phenoxy) is 1. The molecule has 0 atom stereocenters. The number of urea groups is 1. The summed E-state index contributed by atoms with van der Waals surface area (Å²) < 4.78 is 24.2. The van der Waals surface area contributed by atoms with E-state index in [0.717, 1.165) is 16.7 Å². The lowest BCUT2D eigenvalue weighted by atomic mass is 10.1. The number of rotatable bonds is 6. The van der Waals surface area contributed by atoms with Crippen molar-refractivity contribution in [2.24, 2.45) is 0 Å². The van der Waals surface area contributed by atoms with Crippen molar-refractivity contribution in [3.8, 4) is 28.6 Å². The topological polar surface area (TPSA) is 93.4 Å². The van der Waals surface area contributed by atoms with Crippen molar-refractivity contribution in [3.63, 3.8) is 0 Å². The Morgan fingerprint density at radius 3 is 2.61 bits per heavy atom. The zero-order chi connectivity index (χ0) is 22.6. The molecule has 0 radical (unpaired) electrons. The number of benzene rings is 2. The zero-order valence-electron chi connectivity index (χ0n) is 17.5. The highest BCUT2D eigenvalue weighted by Crippen LogP contribution is 2.25. The van der Waals surface area contributed by atoms with Crippen molar-refractivity contribution < 1.29 is 18.4 Å². The molecule has 1 saturated heterocycles. The van der Waals surface area contributed by atoms with Crippen LogP contribution in [-0.2, 0) is 6.54 Å². The van der Waals surface area contributed by atoms with Gasteiger partial charge in [0.25, 0.3) is 5.89 Å². The Morgan fingerprint density at radius 1 is 1.09 bits per heavy atom. The second kappa shape index (κ2) is 9.07. The lowest BCUT2D eigenvalue weighted by molar-refractivity contribution is 0.0443. The van der Waals surface area contributed by atoms with E-state index >= 15 is 0 Å². The fourth-order valence-corrected chi connectivity index (χ4v) is 3.39. The summed E-state index contributed by atoms with van der Waals surface area (Å²) in [6, 6.07) is 16.9. The van der Waals surface area contributed by atoms with E-state index in [2.05, 4.69) is 20.4 Å². The van der Waals surface area contributed by atoms with Crippen LogP contribution >= 0.6 is 0 Å². The number of amides is 2. The van der Waals surface area contributed by atoms with Gasteiger partial charge in [-0.1, -0.05) is 17.3 Å². The third-order valence-electron chi connectivity index (χ3n) is 5.24. The molecular weight excluding hydrogens is 425 g/mol. The van der Waals surface area contributed by atoms with E-state index < -0.39 is 0 Å². The average molecular weight is 445 g/mol. The van der Waals surface area contributed by atoms with Gasteiger partial charge >= 0.3 is 6.03 Å². The molecule has 1 aliphatic rings. The van der Waals surface area contributed by atoms with E-state index in [1.165, 1.54) is 12.1 Å². The van der Waals surface area contributed by atoms with Gasteiger partial charge < -0.3 is 19.5 Å². The molecule has 9 heteroatoms. The summed E-state index contributed by atoms with van der Waals surface area (Å²) in [5, 5.41) is 6.86. The maximum absolute atomic E-state index is 13.0. The maximum atomic E-state index is 13.0. The van der Waals surface area contributed by atoms with Gasteiger partial charge in [-0.15, -0.1) is 0 Å². The SMILES string of the molecule is O=C(NCc1ccc(F)cc1)N1CC(Oc2ccc(-c3noc(-c4cccnc4)n3)cc2)C1. The Bertz CT molecular complexity index is 1220. The second-order valence-corrected chi connectivity index (χ2v) is 7.62. The predicted octanol–water partition coefficient (Wildman–Crippen LogP) is 3.91. The van der Waals surface area contributed by atoms with Gasteiger partial charge in [0, 0.05) is 24.5 Å². The molecule has 33 heavy (non-hydrogen) atoms. The molecular formula is C24H20FN5O3. The number of pyridine rings is 1. The van der Waals surface area contributed by atoms with E-state index in [9.17, 15) is 9.18 Å². The first kappa shape index (κ1) is 20.6. The van der Waals surface area contributed by atoms with Crippen LogP contribution in [0.5, 0.6) is 5.75 Å². The van der Waals surface area contributed by atoms with Gasteiger partial charge in [-0.3, -0.25) is 4.98 Å². The lowest BCUT2D eigenvalue weighted by Crippen LogP contribution is -2.58. The third-order valence-corrected chi connectivity index (χ3v) is 5.24. The zero-order valence-corrected chi connectivity index (χ0v) is 17.5. The molecule has 0 aliphatic carbocycles. The summed E-state index contributed by atoms with van der Waals surface area (Å²) in [5.41, 5.74) is 2.40. The molecule has 2 amide bonds. The van der Waals surface area contributed by atoms with E-state index in [4.69, 9.17) is 9.26 Å². The molecule has 4 aromatic rings. The average Bonchev–Trinajstić information content (AvgIpc) is 3.32. The van der Waals surface area contributed by atoms with Crippen molar-refractivity contribution in [2.45, 2.75) is 12.6 Å². The highest BCUT2D eigenvalue weighted by atomic mass is 19.1. The highest BCUT2D eigenvalue weighted by Gasteiger charge is 2.32. The Kier molecular flexibility index (Phi) is 5.67. The van der Waals surface area contributed by atoms with Crippen LogP contribution in [0.25, 0.3) is 22.8 Å². The summed E-state index contributed by atoms with van der Waals surface area (Å²) in [6.45, 7) is 1.34. The van der Waals surface area contributed by atoms with Gasteiger partial charge in [0.1, 0.15) is 17.7 Å². The number of nitrogens with zero attached hydrogens (tertiary/aromatic N) is 4. The van der Waals surface area contributed by atoms with E-state index in [0.29, 0.717) is 37.1 Å². The first-order chi connectivity index (χ1) is 16.1. The number of hydrogen-bond donors (Lipinski definition) is 1. The third kappa shape index (κ3) is 4.82. The molecule has 2 aromatic carbocycles. The number of aromatic nitrogens is 3. The molecule has 1 aliphatic heterocycles.